The van der Waals surface area contributed by atoms with E-state index < -0.39 is 0 Å². The summed E-state index contributed by atoms with van der Waals surface area (Å²) in [6.45, 7) is 1.96. The van der Waals surface area contributed by atoms with E-state index in [2.05, 4.69) is 0 Å². The maximum absolute atomic E-state index is 5.76. The van der Waals surface area contributed by atoms with Gasteiger partial charge in [0, 0.05) is 11.6 Å². The number of hydrogen-bond donors (Lipinski definition) is 1. The van der Waals surface area contributed by atoms with Crippen molar-refractivity contribution in [1.82, 2.24) is 0 Å². The summed E-state index contributed by atoms with van der Waals surface area (Å²) in [6, 6.07) is 5.84. The van der Waals surface area contributed by atoms with Crippen LogP contribution in [0.2, 0.25) is 0 Å². The molecule has 1 rings (SSSR count). The quantitative estimate of drug-likeness (QED) is 0.793. The smallest absolute Gasteiger partial charge is 0.125 e. The molecule has 1 aromatic rings. The Morgan fingerprint density at radius 1 is 1.21 bits per heavy atom. The minimum atomic E-state index is 0.0974. The largest absolute Gasteiger partial charge is 0.496 e. The van der Waals surface area contributed by atoms with E-state index in [-0.39, 0.29) is 6.04 Å². The highest BCUT2D eigenvalue weighted by Gasteiger charge is 2.10. The van der Waals surface area contributed by atoms with Crippen molar-refractivity contribution in [1.29, 1.82) is 0 Å². The van der Waals surface area contributed by atoms with Crippen molar-refractivity contribution < 1.29 is 9.47 Å². The minimum Gasteiger partial charge on any atom is -0.496 e. The van der Waals surface area contributed by atoms with Gasteiger partial charge in [-0.1, -0.05) is 6.07 Å². The Labute approximate surface area is 84.8 Å². The summed E-state index contributed by atoms with van der Waals surface area (Å²) >= 11 is 0. The van der Waals surface area contributed by atoms with Crippen molar-refractivity contribution in [3.8, 4) is 11.5 Å². The van der Waals surface area contributed by atoms with Gasteiger partial charge in [0.25, 0.3) is 0 Å². The highest BCUT2D eigenvalue weighted by Crippen LogP contribution is 2.28. The van der Waals surface area contributed by atoms with E-state index in [1.165, 1.54) is 0 Å². The summed E-state index contributed by atoms with van der Waals surface area (Å²) in [5, 5.41) is 0. The second-order valence-electron chi connectivity index (χ2n) is 3.32. The zero-order valence-corrected chi connectivity index (χ0v) is 8.91. The summed E-state index contributed by atoms with van der Waals surface area (Å²) in [5.41, 5.74) is 6.80. The third-order valence-corrected chi connectivity index (χ3v) is 2.06. The normalized spacial score (nSPS) is 12.3. The lowest BCUT2D eigenvalue weighted by atomic mass is 10.1. The Hall–Kier alpha value is -1.22. The predicted octanol–water partition coefficient (Wildman–Crippen LogP) is 1.59. The first kappa shape index (κ1) is 10.9. The number of methoxy groups -OCH3 is 2. The minimum absolute atomic E-state index is 0.0974. The fraction of sp³-hybridized carbons (Fsp3) is 0.455. The first-order valence-corrected chi connectivity index (χ1v) is 4.64. The van der Waals surface area contributed by atoms with Crippen LogP contribution in [0.4, 0.5) is 0 Å². The molecule has 0 fully saturated rings. The second-order valence-corrected chi connectivity index (χ2v) is 3.32. The van der Waals surface area contributed by atoms with Crippen LogP contribution < -0.4 is 15.2 Å². The maximum atomic E-state index is 5.76. The molecule has 0 aliphatic heterocycles. The lowest BCUT2D eigenvalue weighted by Crippen LogP contribution is -2.18. The molecule has 0 spiro atoms. The van der Waals surface area contributed by atoms with Gasteiger partial charge in [-0.2, -0.15) is 0 Å². The van der Waals surface area contributed by atoms with E-state index in [1.54, 1.807) is 14.2 Å². The van der Waals surface area contributed by atoms with Crippen LogP contribution in [0.1, 0.15) is 12.5 Å². The number of nitrogens with two attached hydrogens (primary N) is 1. The Bertz CT molecular complexity index is 275. The van der Waals surface area contributed by atoms with Gasteiger partial charge in [-0.05, 0) is 25.5 Å². The molecule has 0 aromatic heterocycles. The molecule has 0 amide bonds. The van der Waals surface area contributed by atoms with Gasteiger partial charge in [0.2, 0.25) is 0 Å². The Kier molecular flexibility index (Phi) is 3.77. The number of hydrogen-bond acceptors (Lipinski definition) is 3. The molecule has 1 aromatic carbocycles. The van der Waals surface area contributed by atoms with Crippen molar-refractivity contribution in [3.63, 3.8) is 0 Å². The number of benzene rings is 1. The van der Waals surface area contributed by atoms with Gasteiger partial charge < -0.3 is 15.2 Å². The summed E-state index contributed by atoms with van der Waals surface area (Å²) in [6.07, 6.45) is 0.757. The highest BCUT2D eigenvalue weighted by atomic mass is 16.5. The first-order chi connectivity index (χ1) is 6.69. The molecule has 0 radical (unpaired) electrons. The van der Waals surface area contributed by atoms with Crippen LogP contribution in [0.5, 0.6) is 11.5 Å². The average Bonchev–Trinajstić information content (AvgIpc) is 2.17. The average molecular weight is 195 g/mol. The number of rotatable bonds is 4. The van der Waals surface area contributed by atoms with Crippen LogP contribution in [0, 0.1) is 0 Å². The van der Waals surface area contributed by atoms with E-state index in [4.69, 9.17) is 15.2 Å². The third-order valence-electron chi connectivity index (χ3n) is 2.06. The van der Waals surface area contributed by atoms with Crippen LogP contribution in [-0.4, -0.2) is 20.3 Å². The SMILES string of the molecule is COc1cccc(OC)c1C[C@@H](C)N. The standard InChI is InChI=1S/C11H17NO2/c1-8(12)7-9-10(13-2)5-4-6-11(9)14-3/h4-6,8H,7,12H2,1-3H3/t8-/m1/s1. The zero-order valence-electron chi connectivity index (χ0n) is 8.91. The number of ether oxygens (including phenoxy) is 2. The Balaban J connectivity index is 3.05. The summed E-state index contributed by atoms with van der Waals surface area (Å²) < 4.78 is 10.5. The van der Waals surface area contributed by atoms with Gasteiger partial charge in [-0.15, -0.1) is 0 Å². The highest BCUT2D eigenvalue weighted by molar-refractivity contribution is 5.45. The molecule has 0 aliphatic rings. The molecule has 0 bridgehead atoms. The fourth-order valence-corrected chi connectivity index (χ4v) is 1.45. The molecule has 0 saturated carbocycles. The predicted molar refractivity (Wildman–Crippen MR) is 56.9 cm³/mol. The van der Waals surface area contributed by atoms with Gasteiger partial charge in [0.05, 0.1) is 14.2 Å². The van der Waals surface area contributed by atoms with E-state index >= 15 is 0 Å². The Morgan fingerprint density at radius 3 is 2.07 bits per heavy atom. The lowest BCUT2D eigenvalue weighted by molar-refractivity contribution is 0.383. The molecule has 3 heteroatoms. The second kappa shape index (κ2) is 4.86. The van der Waals surface area contributed by atoms with E-state index in [0.717, 1.165) is 23.5 Å². The van der Waals surface area contributed by atoms with Gasteiger partial charge >= 0.3 is 0 Å². The molecule has 1 atom stereocenters. The summed E-state index contributed by atoms with van der Waals surface area (Å²) in [7, 11) is 3.30. The van der Waals surface area contributed by atoms with Crippen LogP contribution in [-0.2, 0) is 6.42 Å². The van der Waals surface area contributed by atoms with Crippen LogP contribution in [0.25, 0.3) is 0 Å². The molecule has 78 valence electrons. The van der Waals surface area contributed by atoms with Gasteiger partial charge in [0.15, 0.2) is 0 Å². The molecule has 3 nitrogen and oxygen atoms in total. The molecule has 0 unspecified atom stereocenters. The lowest BCUT2D eigenvalue weighted by Gasteiger charge is -2.14. The van der Waals surface area contributed by atoms with Crippen molar-refractivity contribution in [3.05, 3.63) is 23.8 Å². The molecular formula is C11H17NO2. The molecule has 0 aliphatic carbocycles. The van der Waals surface area contributed by atoms with Crippen molar-refractivity contribution in [2.45, 2.75) is 19.4 Å². The van der Waals surface area contributed by atoms with Crippen LogP contribution >= 0.6 is 0 Å². The van der Waals surface area contributed by atoms with Gasteiger partial charge in [-0.25, -0.2) is 0 Å². The summed E-state index contributed by atoms with van der Waals surface area (Å²) in [5.74, 6) is 1.67. The molecular weight excluding hydrogens is 178 g/mol. The van der Waals surface area contributed by atoms with Crippen LogP contribution in [0.3, 0.4) is 0 Å². The molecule has 0 saturated heterocycles. The van der Waals surface area contributed by atoms with Crippen LogP contribution in [0.15, 0.2) is 18.2 Å². The maximum Gasteiger partial charge on any atom is 0.125 e. The monoisotopic (exact) mass is 195 g/mol. The van der Waals surface area contributed by atoms with Gasteiger partial charge in [-0.3, -0.25) is 0 Å². The van der Waals surface area contributed by atoms with Gasteiger partial charge in [0.1, 0.15) is 11.5 Å². The van der Waals surface area contributed by atoms with E-state index in [9.17, 15) is 0 Å². The topological polar surface area (TPSA) is 44.5 Å². The first-order valence-electron chi connectivity index (χ1n) is 4.64. The summed E-state index contributed by atoms with van der Waals surface area (Å²) in [4.78, 5) is 0. The third kappa shape index (κ3) is 2.39. The molecule has 2 N–H and O–H groups in total. The fourth-order valence-electron chi connectivity index (χ4n) is 1.45. The Morgan fingerprint density at radius 2 is 1.71 bits per heavy atom. The van der Waals surface area contributed by atoms with Crippen molar-refractivity contribution in [2.75, 3.05) is 14.2 Å². The van der Waals surface area contributed by atoms with E-state index in [1.807, 2.05) is 25.1 Å². The van der Waals surface area contributed by atoms with E-state index in [0.29, 0.717) is 0 Å². The van der Waals surface area contributed by atoms with Crippen molar-refractivity contribution >= 4 is 0 Å². The van der Waals surface area contributed by atoms with Crippen molar-refractivity contribution in [2.24, 2.45) is 5.73 Å². The zero-order chi connectivity index (χ0) is 10.6. The molecule has 14 heavy (non-hydrogen) atoms. The molecule has 0 heterocycles.